The molecule has 16 rings (SSSR count). The monoisotopic (exact) mass is 1740 g/mol. The Kier molecular flexibility index (Phi) is 41.7. The van der Waals surface area contributed by atoms with E-state index >= 15 is 0 Å². The Morgan fingerprint density at radius 2 is 0.725 bits per heavy atom. The molecule has 13 N–H and O–H groups in total. The topological polar surface area (TPSA) is 371 Å². The molecule has 4 amide bonds. The zero-order valence-electron chi connectivity index (χ0n) is 64.1. The predicted molar refractivity (Wildman–Crippen MR) is 487 cm³/mol. The molecule has 0 saturated heterocycles. The van der Waals surface area contributed by atoms with Gasteiger partial charge in [-0.15, -0.1) is 0 Å². The zero-order valence-corrected chi connectivity index (χ0v) is 68.1. The first-order valence-electron chi connectivity index (χ1n) is 36.5. The summed E-state index contributed by atoms with van der Waals surface area (Å²) in [6, 6.07) is 95.3. The maximum absolute atomic E-state index is 12.3. The molecule has 0 radical (unpaired) electrons. The summed E-state index contributed by atoms with van der Waals surface area (Å²) in [6.07, 6.45) is 3.30. The smallest absolute Gasteiger partial charge is 0.261 e. The molecule has 120 heavy (non-hydrogen) atoms. The van der Waals surface area contributed by atoms with Gasteiger partial charge in [0.25, 0.3) is 32.7 Å². The van der Waals surface area contributed by atoms with Crippen LogP contribution < -0.4 is 46.4 Å². The second kappa shape index (κ2) is 51.0. The highest BCUT2D eigenvalue weighted by atomic mass is 79.9. The van der Waals surface area contributed by atoms with Crippen LogP contribution in [0.15, 0.2) is 332 Å². The lowest BCUT2D eigenvalue weighted by Crippen LogP contribution is -2.33. The molecule has 0 aromatic heterocycles. The number of rotatable bonds is 20. The number of aliphatic hydroxyl groups excluding tert-OH is 2. The largest absolute Gasteiger partial charge is 0.507 e. The van der Waals surface area contributed by atoms with Crippen LogP contribution in [0.5, 0.6) is 28.7 Å². The first kappa shape index (κ1) is 98.1. The molecular weight excluding hydrogens is 1650 g/mol. The van der Waals surface area contributed by atoms with E-state index in [9.17, 15) is 41.1 Å². The van der Waals surface area contributed by atoms with Crippen LogP contribution >= 0.6 is 26.6 Å². The molecule has 0 spiro atoms. The number of hydrogen-bond acceptors (Lipinski definition) is 18. The molecule has 626 valence electrons. The van der Waals surface area contributed by atoms with Crippen molar-refractivity contribution >= 4 is 135 Å². The van der Waals surface area contributed by atoms with Crippen molar-refractivity contribution in [2.24, 2.45) is 17.4 Å². The number of ether oxygens (including phenoxy) is 4. The molecular formula is C94H98BrClN6O16S2. The van der Waals surface area contributed by atoms with Crippen molar-refractivity contribution in [2.75, 3.05) is 64.6 Å². The maximum atomic E-state index is 12.3. The van der Waals surface area contributed by atoms with Gasteiger partial charge in [-0.2, -0.15) is 0 Å². The second-order valence-electron chi connectivity index (χ2n) is 24.7. The number of amides is 4. The van der Waals surface area contributed by atoms with Gasteiger partial charge in [-0.1, -0.05) is 287 Å². The van der Waals surface area contributed by atoms with E-state index in [0.717, 1.165) is 82.6 Å². The van der Waals surface area contributed by atoms with E-state index in [1.165, 1.54) is 22.4 Å². The Labute approximate surface area is 712 Å². The summed E-state index contributed by atoms with van der Waals surface area (Å²) < 4.78 is 71.2. The number of imide groups is 2. The number of nitrogens with zero attached hydrogens (tertiary/aromatic N) is 1. The molecule has 2 aliphatic heterocycles. The summed E-state index contributed by atoms with van der Waals surface area (Å²) in [4.78, 5) is 48.1. The molecule has 14 aromatic rings. The number of hydrazine groups is 1. The summed E-state index contributed by atoms with van der Waals surface area (Å²) in [5.41, 5.74) is 9.00. The Morgan fingerprint density at radius 1 is 0.417 bits per heavy atom. The molecule has 0 aliphatic carbocycles. The Balaban J connectivity index is 0.000000251. The number of hydrogen-bond donors (Lipinski definition) is 8. The minimum absolute atomic E-state index is 0. The lowest BCUT2D eigenvalue weighted by atomic mass is 10.1. The molecule has 2 heterocycles. The SMILES string of the molecule is C.C.C=Cc1ccc(S(=O)(=O)Cl)cc1.C=Cc1ccc(S(=O)(=O)NCCOc2cccc3ccccc23)cc1.NCCOc1cccc2ccccc12.NN.O.O=C1NC(=O)c2ccccc21.O=C1c2ccccc2C(=O)N1CCOc1cccc2ccccc12.OCCBr.OCCOc1cccc2ccccc12.Oc1cccc2ccccc12. The number of carbonyl (C=O) groups is 4. The van der Waals surface area contributed by atoms with E-state index in [4.69, 9.17) is 45.6 Å². The number of nitrogens with two attached hydrogens (primary N) is 3. The van der Waals surface area contributed by atoms with Crippen LogP contribution in [0, 0.1) is 0 Å². The highest BCUT2D eigenvalue weighted by Crippen LogP contribution is 2.31. The standard InChI is InChI=1S/C20H19NO3S.C20H15NO3.C12H13NO.C12H12O2.C10H8O.C8H7ClO2S.C8H5NO2.C2H5BrO.2CH4.H4N2.H2O/c1-2-16-10-12-18(13-11-16)25(22,23)21-14-15-24-20-9-5-7-17-6-3-4-8-19(17)20;22-19-16-9-3-4-10-17(16)20(23)21(19)12-13-24-18-11-5-7-14-6-1-2-8-15(14)18;2*13-8-9-14-12-7-3-5-10-4-1-2-6-11(10)12;11-10-7-3-5-8-4-1-2-6-9(8)10;1-2-7-3-5-8(6-4-7)12(9,10)11;10-7-5-3-1-2-4-6(5)8(11)9-7;3-1-2-4;;;1-2;/h2-13,21H,1,14-15H2;1-11H,12-13H2;1-7H,8-9,13H2;1-7,13H,8-9H2;1-7,11H;2-6H,1H2;1-4H,(H,9,10,11);4H,1-2H2;2*1H4;1-2H2;1H2. The number of nitrogens with one attached hydrogen (secondary N) is 2. The number of sulfonamides is 1. The van der Waals surface area contributed by atoms with Crippen molar-refractivity contribution < 1.29 is 75.8 Å². The predicted octanol–water partition coefficient (Wildman–Crippen LogP) is 16.8. The maximum Gasteiger partial charge on any atom is 0.261 e. The number of carbonyl (C=O) groups excluding carboxylic acids is 4. The Hall–Kier alpha value is -12.5. The van der Waals surface area contributed by atoms with E-state index in [1.807, 2.05) is 188 Å². The average Bonchev–Trinajstić information content (AvgIpc) is 1.63. The fourth-order valence-corrected chi connectivity index (χ4v) is 13.4. The summed E-state index contributed by atoms with van der Waals surface area (Å²) in [7, 11) is -2.04. The van der Waals surface area contributed by atoms with E-state index in [0.29, 0.717) is 53.1 Å². The summed E-state index contributed by atoms with van der Waals surface area (Å²) in [6.45, 7) is 9.86. The van der Waals surface area contributed by atoms with Gasteiger partial charge in [-0.05, 0) is 117 Å². The Morgan fingerprint density at radius 3 is 1.07 bits per heavy atom. The van der Waals surface area contributed by atoms with Crippen molar-refractivity contribution in [2.45, 2.75) is 24.6 Å². The van der Waals surface area contributed by atoms with Crippen LogP contribution in [-0.4, -0.2) is 131 Å². The van der Waals surface area contributed by atoms with Gasteiger partial charge >= 0.3 is 0 Å². The van der Waals surface area contributed by atoms with Gasteiger partial charge in [0.1, 0.15) is 55.2 Å². The van der Waals surface area contributed by atoms with E-state index in [-0.39, 0.29) is 93.3 Å². The first-order valence-corrected chi connectivity index (χ1v) is 41.4. The Bertz CT molecular complexity index is 5710. The fourth-order valence-electron chi connectivity index (χ4n) is 11.6. The van der Waals surface area contributed by atoms with Crippen molar-refractivity contribution in [3.63, 3.8) is 0 Å². The van der Waals surface area contributed by atoms with Crippen LogP contribution in [0.25, 0.3) is 66.0 Å². The van der Waals surface area contributed by atoms with Gasteiger partial charge in [0.05, 0.1) is 51.8 Å². The molecule has 0 atom stereocenters. The fraction of sp³-hybridized carbons (Fsp3) is 0.128. The third-order valence-electron chi connectivity index (χ3n) is 17.1. The molecule has 0 bridgehead atoms. The summed E-state index contributed by atoms with van der Waals surface area (Å²) in [5.74, 6) is 10.5. The first-order chi connectivity index (χ1) is 56.8. The van der Waals surface area contributed by atoms with E-state index in [2.05, 4.69) is 69.0 Å². The van der Waals surface area contributed by atoms with Crippen LogP contribution in [0.2, 0.25) is 0 Å². The van der Waals surface area contributed by atoms with Crippen molar-refractivity contribution in [3.05, 3.63) is 356 Å². The van der Waals surface area contributed by atoms with Crippen molar-refractivity contribution in [1.82, 2.24) is 14.9 Å². The minimum Gasteiger partial charge on any atom is -0.507 e. The lowest BCUT2D eigenvalue weighted by Gasteiger charge is -2.15. The number of fused-ring (bicyclic) bond motifs is 7. The lowest BCUT2D eigenvalue weighted by molar-refractivity contribution is 0.0630. The van der Waals surface area contributed by atoms with E-state index in [1.54, 1.807) is 103 Å². The number of alkyl halides is 1. The highest BCUT2D eigenvalue weighted by Gasteiger charge is 2.35. The highest BCUT2D eigenvalue weighted by molar-refractivity contribution is 9.09. The van der Waals surface area contributed by atoms with Crippen LogP contribution in [0.3, 0.4) is 0 Å². The zero-order chi connectivity index (χ0) is 84.0. The number of phenols is 1. The molecule has 2 aliphatic rings. The second-order valence-corrected chi connectivity index (χ2v) is 29.9. The molecule has 22 nitrogen and oxygen atoms in total. The van der Waals surface area contributed by atoms with Gasteiger partial charge in [-0.3, -0.25) is 41.1 Å². The third kappa shape index (κ3) is 28.4. The minimum atomic E-state index is -3.59. The summed E-state index contributed by atoms with van der Waals surface area (Å²) >= 11 is 3.00. The van der Waals surface area contributed by atoms with Crippen molar-refractivity contribution in [1.29, 1.82) is 0 Å². The van der Waals surface area contributed by atoms with Crippen molar-refractivity contribution in [3.8, 4) is 28.7 Å². The molecule has 0 fully saturated rings. The van der Waals surface area contributed by atoms with Gasteiger partial charge in [-0.25, -0.2) is 21.6 Å². The van der Waals surface area contributed by atoms with E-state index < -0.39 is 19.1 Å². The van der Waals surface area contributed by atoms with Crippen LogP contribution in [-0.2, 0) is 19.1 Å². The van der Waals surface area contributed by atoms with Gasteiger partial charge in [0.15, 0.2) is 0 Å². The quantitative estimate of drug-likeness (QED) is 0.00877. The normalized spacial score (nSPS) is 11.1. The van der Waals surface area contributed by atoms with Crippen LogP contribution in [0.1, 0.15) is 67.4 Å². The van der Waals surface area contributed by atoms with Gasteiger partial charge in [0, 0.05) is 56.0 Å². The third-order valence-corrected chi connectivity index (χ3v) is 20.3. The molecule has 0 saturated carbocycles. The number of aliphatic hydroxyl groups is 2. The number of phenolic OH excluding ortho intramolecular Hbond substituents is 1. The average molecular weight is 1750 g/mol. The molecule has 14 aromatic carbocycles. The van der Waals surface area contributed by atoms with Gasteiger partial charge < -0.3 is 45.5 Å². The molecule has 0 unspecified atom stereocenters. The number of benzene rings is 14. The van der Waals surface area contributed by atoms with Crippen LogP contribution in [0.4, 0.5) is 0 Å². The summed E-state index contributed by atoms with van der Waals surface area (Å²) in [5, 5.41) is 39.5. The molecule has 26 heteroatoms. The number of aromatic hydroxyl groups is 1. The van der Waals surface area contributed by atoms with Gasteiger partial charge in [0.2, 0.25) is 10.0 Å². The number of halogens is 2.